The van der Waals surface area contributed by atoms with Crippen LogP contribution in [0, 0.1) is 5.92 Å². The van der Waals surface area contributed by atoms with Gasteiger partial charge in [-0.3, -0.25) is 14.8 Å². The van der Waals surface area contributed by atoms with Crippen LogP contribution in [0.2, 0.25) is 0 Å². The summed E-state index contributed by atoms with van der Waals surface area (Å²) in [4.78, 5) is 27.9. The second-order valence-electron chi connectivity index (χ2n) is 7.09. The Labute approximate surface area is 161 Å². The van der Waals surface area contributed by atoms with Crippen molar-refractivity contribution in [3.8, 4) is 5.75 Å². The fraction of sp³-hybridized carbons (Fsp3) is 0.600. The summed E-state index contributed by atoms with van der Waals surface area (Å²) in [5, 5.41) is 10.1. The molecule has 0 aromatic heterocycles. The van der Waals surface area contributed by atoms with Gasteiger partial charge in [-0.05, 0) is 37.6 Å². The zero-order valence-corrected chi connectivity index (χ0v) is 16.5. The number of carbonyl (C=O) groups excluding carboxylic acids is 2. The monoisotopic (exact) mass is 377 g/mol. The number of benzene rings is 1. The fourth-order valence-corrected chi connectivity index (χ4v) is 3.59. The molecule has 7 heteroatoms. The molecule has 150 valence electrons. The van der Waals surface area contributed by atoms with Crippen LogP contribution >= 0.6 is 0 Å². The molecule has 1 N–H and O–H groups in total. The van der Waals surface area contributed by atoms with E-state index in [1.807, 2.05) is 29.2 Å². The van der Waals surface area contributed by atoms with E-state index >= 15 is 0 Å². The SMILES string of the molecule is CCCCC(CN(O)C=O)C(=O)N1CCN(c2ccc(OC)cc2)C(C)C1. The number of hydrogen-bond acceptors (Lipinski definition) is 5. The van der Waals surface area contributed by atoms with Crippen LogP contribution in [0.4, 0.5) is 5.69 Å². The number of nitrogens with zero attached hydrogens (tertiary/aromatic N) is 3. The van der Waals surface area contributed by atoms with Crippen molar-refractivity contribution in [1.29, 1.82) is 0 Å². The van der Waals surface area contributed by atoms with Crippen LogP contribution in [-0.2, 0) is 9.59 Å². The number of hydrogen-bond donors (Lipinski definition) is 1. The lowest BCUT2D eigenvalue weighted by atomic mass is 9.99. The highest BCUT2D eigenvalue weighted by Crippen LogP contribution is 2.24. The number of amides is 2. The predicted molar refractivity (Wildman–Crippen MR) is 104 cm³/mol. The first-order valence-electron chi connectivity index (χ1n) is 9.60. The van der Waals surface area contributed by atoms with Gasteiger partial charge in [0, 0.05) is 31.4 Å². The molecule has 2 atom stereocenters. The lowest BCUT2D eigenvalue weighted by Gasteiger charge is -2.42. The third kappa shape index (κ3) is 5.60. The first-order chi connectivity index (χ1) is 13.0. The van der Waals surface area contributed by atoms with E-state index < -0.39 is 0 Å². The number of methoxy groups -OCH3 is 1. The van der Waals surface area contributed by atoms with Gasteiger partial charge in [0.05, 0.1) is 19.6 Å². The quantitative estimate of drug-likeness (QED) is 0.406. The molecular formula is C20H31N3O4. The van der Waals surface area contributed by atoms with E-state index in [0.717, 1.165) is 30.8 Å². The summed E-state index contributed by atoms with van der Waals surface area (Å²) in [6.07, 6.45) is 2.90. The summed E-state index contributed by atoms with van der Waals surface area (Å²) < 4.78 is 5.21. The number of unbranched alkanes of at least 4 members (excludes halogenated alkanes) is 1. The maximum Gasteiger partial charge on any atom is 0.233 e. The van der Waals surface area contributed by atoms with Gasteiger partial charge in [0.15, 0.2) is 0 Å². The zero-order valence-electron chi connectivity index (χ0n) is 16.5. The minimum atomic E-state index is -0.361. The van der Waals surface area contributed by atoms with Crippen LogP contribution in [0.3, 0.4) is 0 Å². The third-order valence-corrected chi connectivity index (χ3v) is 5.13. The van der Waals surface area contributed by atoms with Crippen molar-refractivity contribution in [2.45, 2.75) is 39.2 Å². The molecule has 2 amide bonds. The summed E-state index contributed by atoms with van der Waals surface area (Å²) >= 11 is 0. The average Bonchev–Trinajstić information content (AvgIpc) is 2.70. The Morgan fingerprint density at radius 2 is 2.07 bits per heavy atom. The molecule has 0 saturated carbocycles. The molecule has 1 aromatic rings. The number of piperazine rings is 1. The van der Waals surface area contributed by atoms with Crippen molar-refractivity contribution in [2.75, 3.05) is 38.2 Å². The minimum Gasteiger partial charge on any atom is -0.497 e. The summed E-state index contributed by atoms with van der Waals surface area (Å²) in [5.41, 5.74) is 1.11. The van der Waals surface area contributed by atoms with E-state index in [1.54, 1.807) is 7.11 Å². The van der Waals surface area contributed by atoms with Gasteiger partial charge < -0.3 is 14.5 Å². The van der Waals surface area contributed by atoms with E-state index in [-0.39, 0.29) is 24.4 Å². The predicted octanol–water partition coefficient (Wildman–Crippen LogP) is 2.39. The van der Waals surface area contributed by atoms with E-state index in [1.165, 1.54) is 0 Å². The second-order valence-corrected chi connectivity index (χ2v) is 7.09. The molecule has 1 aliphatic heterocycles. The number of ether oxygens (including phenoxy) is 1. The maximum atomic E-state index is 13.0. The summed E-state index contributed by atoms with van der Waals surface area (Å²) in [5.74, 6) is 0.480. The Balaban J connectivity index is 2.01. The number of hydroxylamine groups is 2. The Hall–Kier alpha value is -2.28. The van der Waals surface area contributed by atoms with Crippen molar-refractivity contribution < 1.29 is 19.5 Å². The van der Waals surface area contributed by atoms with Gasteiger partial charge in [0.1, 0.15) is 5.75 Å². The molecule has 2 rings (SSSR count). The number of carbonyl (C=O) groups is 2. The molecule has 1 aliphatic rings. The molecule has 0 radical (unpaired) electrons. The van der Waals surface area contributed by atoms with Crippen LogP contribution in [0.5, 0.6) is 5.75 Å². The van der Waals surface area contributed by atoms with Crippen molar-refractivity contribution in [3.05, 3.63) is 24.3 Å². The molecule has 0 bridgehead atoms. The average molecular weight is 377 g/mol. The normalized spacial score (nSPS) is 18.1. The van der Waals surface area contributed by atoms with Crippen LogP contribution < -0.4 is 9.64 Å². The molecule has 2 unspecified atom stereocenters. The lowest BCUT2D eigenvalue weighted by Crippen LogP contribution is -2.55. The smallest absolute Gasteiger partial charge is 0.233 e. The first-order valence-corrected chi connectivity index (χ1v) is 9.60. The molecule has 0 aliphatic carbocycles. The first kappa shape index (κ1) is 21.0. The van der Waals surface area contributed by atoms with Crippen molar-refractivity contribution in [3.63, 3.8) is 0 Å². The summed E-state index contributed by atoms with van der Waals surface area (Å²) in [6.45, 7) is 6.22. The molecule has 7 nitrogen and oxygen atoms in total. The van der Waals surface area contributed by atoms with Crippen LogP contribution in [-0.4, -0.2) is 66.8 Å². The van der Waals surface area contributed by atoms with Crippen LogP contribution in [0.15, 0.2) is 24.3 Å². The number of rotatable bonds is 9. The fourth-order valence-electron chi connectivity index (χ4n) is 3.59. The van der Waals surface area contributed by atoms with E-state index in [0.29, 0.717) is 31.0 Å². The lowest BCUT2D eigenvalue weighted by molar-refractivity contribution is -0.157. The van der Waals surface area contributed by atoms with E-state index in [2.05, 4.69) is 18.7 Å². The molecule has 1 heterocycles. The van der Waals surface area contributed by atoms with Gasteiger partial charge in [-0.15, -0.1) is 0 Å². The standard InChI is InChI=1S/C20H31N3O4/c1-4-5-6-17(14-22(26)15-24)20(25)21-11-12-23(16(2)13-21)18-7-9-19(27-3)10-8-18/h7-10,15-17,26H,4-6,11-14H2,1-3H3. The Morgan fingerprint density at radius 3 is 2.63 bits per heavy atom. The second kappa shape index (κ2) is 10.2. The van der Waals surface area contributed by atoms with Crippen molar-refractivity contribution in [2.24, 2.45) is 5.92 Å². The van der Waals surface area contributed by atoms with E-state index in [9.17, 15) is 14.8 Å². The molecule has 0 spiro atoms. The van der Waals surface area contributed by atoms with Crippen LogP contribution in [0.25, 0.3) is 0 Å². The maximum absolute atomic E-state index is 13.0. The highest BCUT2D eigenvalue weighted by Gasteiger charge is 2.31. The third-order valence-electron chi connectivity index (χ3n) is 5.13. The van der Waals surface area contributed by atoms with Crippen molar-refractivity contribution >= 4 is 18.0 Å². The topological polar surface area (TPSA) is 73.3 Å². The Bertz CT molecular complexity index is 608. The highest BCUT2D eigenvalue weighted by molar-refractivity contribution is 5.79. The van der Waals surface area contributed by atoms with Gasteiger partial charge in [0.25, 0.3) is 0 Å². The van der Waals surface area contributed by atoms with Gasteiger partial charge in [-0.1, -0.05) is 19.8 Å². The Kier molecular flexibility index (Phi) is 7.91. The van der Waals surface area contributed by atoms with Gasteiger partial charge in [-0.2, -0.15) is 0 Å². The molecule has 1 saturated heterocycles. The van der Waals surface area contributed by atoms with Gasteiger partial charge in [-0.25, -0.2) is 5.06 Å². The van der Waals surface area contributed by atoms with Crippen molar-refractivity contribution in [1.82, 2.24) is 9.96 Å². The largest absolute Gasteiger partial charge is 0.497 e. The van der Waals surface area contributed by atoms with Gasteiger partial charge >= 0.3 is 0 Å². The van der Waals surface area contributed by atoms with E-state index in [4.69, 9.17) is 4.74 Å². The van der Waals surface area contributed by atoms with Crippen LogP contribution in [0.1, 0.15) is 33.1 Å². The molecular weight excluding hydrogens is 346 g/mol. The zero-order chi connectivity index (χ0) is 19.8. The Morgan fingerprint density at radius 1 is 1.37 bits per heavy atom. The minimum absolute atomic E-state index is 0.0191. The highest BCUT2D eigenvalue weighted by atomic mass is 16.5. The number of anilines is 1. The summed E-state index contributed by atoms with van der Waals surface area (Å²) in [7, 11) is 1.65. The molecule has 27 heavy (non-hydrogen) atoms. The molecule has 1 fully saturated rings. The summed E-state index contributed by atoms with van der Waals surface area (Å²) in [6, 6.07) is 8.12. The van der Waals surface area contributed by atoms with Gasteiger partial charge in [0.2, 0.25) is 12.3 Å². The molecule has 1 aromatic carbocycles.